The molecule has 1 N–H and O–H groups in total. The highest BCUT2D eigenvalue weighted by molar-refractivity contribution is 9.10. The number of fused-ring (bicyclic) bond motifs is 1. The smallest absolute Gasteiger partial charge is 0.243 e. The lowest BCUT2D eigenvalue weighted by molar-refractivity contribution is 0.254. The Bertz CT molecular complexity index is 576. The summed E-state index contributed by atoms with van der Waals surface area (Å²) < 4.78 is 2.75. The molecule has 1 aliphatic rings. The first-order valence-corrected chi connectivity index (χ1v) is 7.98. The molecule has 2 aromatic heterocycles. The monoisotopic (exact) mass is 337 g/mol. The molecule has 108 valence electrons. The Kier molecular flexibility index (Phi) is 4.21. The molecule has 0 bridgehead atoms. The molecule has 5 nitrogen and oxygen atoms in total. The number of likely N-dealkylation sites (N-methyl/N-ethyl adjacent to an activating group) is 1. The second kappa shape index (κ2) is 6.10. The highest BCUT2D eigenvalue weighted by Crippen LogP contribution is 2.22. The van der Waals surface area contributed by atoms with Gasteiger partial charge in [0, 0.05) is 25.3 Å². The van der Waals surface area contributed by atoms with Crippen LogP contribution in [0.4, 0.5) is 5.95 Å². The van der Waals surface area contributed by atoms with Gasteiger partial charge < -0.3 is 10.2 Å². The normalized spacial score (nSPS) is 16.4. The molecular formula is C14H20BrN5. The minimum atomic E-state index is 0.691. The predicted octanol–water partition coefficient (Wildman–Crippen LogP) is 2.78. The zero-order valence-electron chi connectivity index (χ0n) is 11.7. The summed E-state index contributed by atoms with van der Waals surface area (Å²) in [6, 6.07) is 4.69. The van der Waals surface area contributed by atoms with E-state index >= 15 is 0 Å². The quantitative estimate of drug-likeness (QED) is 0.911. The highest BCUT2D eigenvalue weighted by atomic mass is 79.9. The third-order valence-corrected chi connectivity index (χ3v) is 4.63. The van der Waals surface area contributed by atoms with Crippen molar-refractivity contribution < 1.29 is 0 Å². The van der Waals surface area contributed by atoms with Gasteiger partial charge in [0.05, 0.1) is 4.47 Å². The van der Waals surface area contributed by atoms with Crippen LogP contribution in [0, 0.1) is 0 Å². The van der Waals surface area contributed by atoms with Crippen LogP contribution in [0.5, 0.6) is 0 Å². The predicted molar refractivity (Wildman–Crippen MR) is 84.1 cm³/mol. The van der Waals surface area contributed by atoms with Crippen LogP contribution >= 0.6 is 15.9 Å². The number of halogens is 1. The average Bonchev–Trinajstić information content (AvgIpc) is 3.07. The maximum Gasteiger partial charge on any atom is 0.243 e. The Labute approximate surface area is 127 Å². The van der Waals surface area contributed by atoms with Crippen LogP contribution in [-0.4, -0.2) is 45.7 Å². The highest BCUT2D eigenvalue weighted by Gasteiger charge is 2.18. The van der Waals surface area contributed by atoms with E-state index in [9.17, 15) is 0 Å². The number of rotatable bonds is 5. The van der Waals surface area contributed by atoms with Gasteiger partial charge in [-0.25, -0.2) is 4.52 Å². The molecule has 2 aromatic rings. The van der Waals surface area contributed by atoms with Crippen molar-refractivity contribution in [3.05, 3.63) is 22.8 Å². The fourth-order valence-corrected chi connectivity index (χ4v) is 3.24. The molecule has 0 saturated heterocycles. The second-order valence-corrected chi connectivity index (χ2v) is 6.26. The maximum absolute atomic E-state index is 4.48. The third kappa shape index (κ3) is 2.96. The Morgan fingerprint density at radius 3 is 3.00 bits per heavy atom. The van der Waals surface area contributed by atoms with Crippen molar-refractivity contribution in [1.82, 2.24) is 19.5 Å². The fraction of sp³-hybridized carbons (Fsp3) is 0.571. The van der Waals surface area contributed by atoms with Gasteiger partial charge in [-0.05, 0) is 48.0 Å². The SMILES string of the molecule is CN(CCNc1nc2c(Br)cccn2n1)C1CCCC1. The van der Waals surface area contributed by atoms with Gasteiger partial charge in [0.15, 0.2) is 5.65 Å². The van der Waals surface area contributed by atoms with Crippen molar-refractivity contribution in [3.63, 3.8) is 0 Å². The van der Waals surface area contributed by atoms with Crippen molar-refractivity contribution >= 4 is 27.5 Å². The number of anilines is 1. The van der Waals surface area contributed by atoms with Crippen LogP contribution in [0.25, 0.3) is 5.65 Å². The number of aromatic nitrogens is 3. The molecule has 0 atom stereocenters. The Morgan fingerprint density at radius 1 is 1.45 bits per heavy atom. The van der Waals surface area contributed by atoms with Crippen LogP contribution in [0.1, 0.15) is 25.7 Å². The molecule has 0 radical (unpaired) electrons. The van der Waals surface area contributed by atoms with Gasteiger partial charge in [-0.15, -0.1) is 5.10 Å². The van der Waals surface area contributed by atoms with Gasteiger partial charge in [0.1, 0.15) is 0 Å². The van der Waals surface area contributed by atoms with Crippen molar-refractivity contribution in [2.24, 2.45) is 0 Å². The van der Waals surface area contributed by atoms with E-state index in [0.717, 1.165) is 29.3 Å². The molecule has 2 heterocycles. The van der Waals surface area contributed by atoms with E-state index in [4.69, 9.17) is 0 Å². The molecule has 0 spiro atoms. The summed E-state index contributed by atoms with van der Waals surface area (Å²) >= 11 is 3.49. The lowest BCUT2D eigenvalue weighted by Gasteiger charge is -2.23. The molecular weight excluding hydrogens is 318 g/mol. The minimum Gasteiger partial charge on any atom is -0.352 e. The molecule has 3 rings (SSSR count). The van der Waals surface area contributed by atoms with E-state index in [-0.39, 0.29) is 0 Å². The van der Waals surface area contributed by atoms with E-state index in [1.807, 2.05) is 18.3 Å². The van der Waals surface area contributed by atoms with Crippen LogP contribution in [-0.2, 0) is 0 Å². The van der Waals surface area contributed by atoms with E-state index in [0.29, 0.717) is 5.95 Å². The standard InChI is InChI=1S/C14H20BrN5/c1-19(11-5-2-3-6-11)10-8-16-14-17-13-12(15)7-4-9-20(13)18-14/h4,7,9,11H,2-3,5-6,8,10H2,1H3,(H,16,18). The van der Waals surface area contributed by atoms with Crippen molar-refractivity contribution in [3.8, 4) is 0 Å². The average molecular weight is 338 g/mol. The number of hydrogen-bond donors (Lipinski definition) is 1. The lowest BCUT2D eigenvalue weighted by Crippen LogP contribution is -2.33. The fourth-order valence-electron chi connectivity index (χ4n) is 2.82. The second-order valence-electron chi connectivity index (χ2n) is 5.41. The van der Waals surface area contributed by atoms with Gasteiger partial charge in [0.2, 0.25) is 5.95 Å². The summed E-state index contributed by atoms with van der Waals surface area (Å²) in [5.74, 6) is 0.691. The summed E-state index contributed by atoms with van der Waals surface area (Å²) in [5, 5.41) is 7.72. The van der Waals surface area contributed by atoms with Crippen LogP contribution in [0.2, 0.25) is 0 Å². The van der Waals surface area contributed by atoms with Gasteiger partial charge >= 0.3 is 0 Å². The first-order chi connectivity index (χ1) is 9.74. The van der Waals surface area contributed by atoms with Crippen LogP contribution in [0.3, 0.4) is 0 Å². The summed E-state index contributed by atoms with van der Waals surface area (Å²) in [5.41, 5.74) is 0.846. The zero-order chi connectivity index (χ0) is 13.9. The first kappa shape index (κ1) is 13.8. The van der Waals surface area contributed by atoms with Gasteiger partial charge in [-0.1, -0.05) is 12.8 Å². The van der Waals surface area contributed by atoms with Crippen LogP contribution < -0.4 is 5.32 Å². The Balaban J connectivity index is 1.55. The summed E-state index contributed by atoms with van der Waals surface area (Å²) in [6.45, 7) is 1.91. The van der Waals surface area contributed by atoms with E-state index in [1.54, 1.807) is 4.52 Å². The van der Waals surface area contributed by atoms with Crippen molar-refractivity contribution in [1.29, 1.82) is 0 Å². The summed E-state index contributed by atoms with van der Waals surface area (Å²) in [6.07, 6.45) is 7.35. The van der Waals surface area contributed by atoms with E-state index in [2.05, 4.69) is 43.3 Å². The first-order valence-electron chi connectivity index (χ1n) is 7.19. The molecule has 0 unspecified atom stereocenters. The number of nitrogens with one attached hydrogen (secondary N) is 1. The van der Waals surface area contributed by atoms with Gasteiger partial charge in [-0.2, -0.15) is 4.98 Å². The van der Waals surface area contributed by atoms with Crippen LogP contribution in [0.15, 0.2) is 22.8 Å². The summed E-state index contributed by atoms with van der Waals surface area (Å²) in [7, 11) is 2.21. The molecule has 1 fully saturated rings. The third-order valence-electron chi connectivity index (χ3n) is 4.01. The molecule has 20 heavy (non-hydrogen) atoms. The molecule has 0 aromatic carbocycles. The largest absolute Gasteiger partial charge is 0.352 e. The molecule has 1 aliphatic carbocycles. The Hall–Kier alpha value is -1.14. The summed E-state index contributed by atoms with van der Waals surface area (Å²) in [4.78, 5) is 6.93. The number of hydrogen-bond acceptors (Lipinski definition) is 4. The minimum absolute atomic E-state index is 0.691. The lowest BCUT2D eigenvalue weighted by atomic mass is 10.2. The molecule has 6 heteroatoms. The van der Waals surface area contributed by atoms with Gasteiger partial charge in [-0.3, -0.25) is 0 Å². The maximum atomic E-state index is 4.48. The molecule has 0 amide bonds. The van der Waals surface area contributed by atoms with E-state index in [1.165, 1.54) is 25.7 Å². The van der Waals surface area contributed by atoms with Gasteiger partial charge in [0.25, 0.3) is 0 Å². The molecule has 1 saturated carbocycles. The number of pyridine rings is 1. The Morgan fingerprint density at radius 2 is 2.25 bits per heavy atom. The van der Waals surface area contributed by atoms with Crippen molar-refractivity contribution in [2.45, 2.75) is 31.7 Å². The zero-order valence-corrected chi connectivity index (χ0v) is 13.3. The van der Waals surface area contributed by atoms with Crippen molar-refractivity contribution in [2.75, 3.05) is 25.5 Å². The topological polar surface area (TPSA) is 45.5 Å². The molecule has 0 aliphatic heterocycles. The number of nitrogens with zero attached hydrogens (tertiary/aromatic N) is 4. The van der Waals surface area contributed by atoms with E-state index < -0.39 is 0 Å².